The number of hydrogen-bond donors (Lipinski definition) is 1. The smallest absolute Gasteiger partial charge is 0.416 e. The molecule has 0 aliphatic carbocycles. The molecule has 0 saturated heterocycles. The highest BCUT2D eigenvalue weighted by Gasteiger charge is 2.31. The van der Waals surface area contributed by atoms with Crippen LogP contribution in [0.2, 0.25) is 0 Å². The number of carbonyl (C=O) groups is 1. The number of nitrogens with zero attached hydrogens (tertiary/aromatic N) is 3. The highest BCUT2D eigenvalue weighted by Crippen LogP contribution is 2.33. The molecule has 0 bridgehead atoms. The van der Waals surface area contributed by atoms with Crippen molar-refractivity contribution in [2.45, 2.75) is 13.1 Å². The van der Waals surface area contributed by atoms with E-state index in [1.165, 1.54) is 35.5 Å². The minimum absolute atomic E-state index is 0.0331. The second-order valence-electron chi connectivity index (χ2n) is 5.48. The zero-order valence-corrected chi connectivity index (χ0v) is 14.2. The van der Waals surface area contributed by atoms with Gasteiger partial charge in [0.25, 0.3) is 5.91 Å². The molecule has 140 valence electrons. The largest absolute Gasteiger partial charge is 0.494 e. The van der Waals surface area contributed by atoms with Gasteiger partial charge in [0.05, 0.1) is 23.5 Å². The molecule has 27 heavy (non-hydrogen) atoms. The van der Waals surface area contributed by atoms with E-state index >= 15 is 0 Å². The Bertz CT molecular complexity index is 923. The summed E-state index contributed by atoms with van der Waals surface area (Å²) in [6.45, 7) is 2.32. The molecule has 0 unspecified atom stereocenters. The summed E-state index contributed by atoms with van der Waals surface area (Å²) < 4.78 is 45.8. The van der Waals surface area contributed by atoms with Gasteiger partial charge in [0.2, 0.25) is 0 Å². The van der Waals surface area contributed by atoms with Crippen molar-refractivity contribution in [3.05, 3.63) is 66.2 Å². The minimum Gasteiger partial charge on any atom is -0.494 e. The number of anilines is 1. The molecule has 9 heteroatoms. The first-order chi connectivity index (χ1) is 12.9. The van der Waals surface area contributed by atoms with Gasteiger partial charge in [-0.25, -0.2) is 9.67 Å². The third-order valence-corrected chi connectivity index (χ3v) is 3.67. The van der Waals surface area contributed by atoms with Gasteiger partial charge >= 0.3 is 6.18 Å². The Morgan fingerprint density at radius 3 is 2.52 bits per heavy atom. The van der Waals surface area contributed by atoms with Gasteiger partial charge in [-0.2, -0.15) is 18.3 Å². The monoisotopic (exact) mass is 376 g/mol. The minimum atomic E-state index is -4.54. The first-order valence-electron chi connectivity index (χ1n) is 7.99. The lowest BCUT2D eigenvalue weighted by Crippen LogP contribution is -2.15. The number of carbonyl (C=O) groups excluding carboxylic acids is 1. The first kappa shape index (κ1) is 18.4. The van der Waals surface area contributed by atoms with Crippen LogP contribution in [0.3, 0.4) is 0 Å². The zero-order chi connectivity index (χ0) is 19.4. The molecule has 0 fully saturated rings. The van der Waals surface area contributed by atoms with Crippen LogP contribution in [-0.4, -0.2) is 27.3 Å². The fourth-order valence-corrected chi connectivity index (χ4v) is 2.41. The normalized spacial score (nSPS) is 11.3. The van der Waals surface area contributed by atoms with E-state index in [4.69, 9.17) is 4.74 Å². The average Bonchev–Trinajstić information content (AvgIpc) is 3.16. The number of ether oxygens (including phenoxy) is 1. The van der Waals surface area contributed by atoms with Crippen LogP contribution in [0, 0.1) is 0 Å². The van der Waals surface area contributed by atoms with E-state index < -0.39 is 17.6 Å². The summed E-state index contributed by atoms with van der Waals surface area (Å²) in [4.78, 5) is 16.3. The molecule has 0 aliphatic rings. The Balaban J connectivity index is 1.92. The topological polar surface area (TPSA) is 69.0 Å². The second-order valence-corrected chi connectivity index (χ2v) is 5.48. The summed E-state index contributed by atoms with van der Waals surface area (Å²) in [5.41, 5.74) is -0.372. The molecule has 1 amide bonds. The molecule has 3 rings (SSSR count). The molecular weight excluding hydrogens is 361 g/mol. The maximum absolute atomic E-state index is 13.1. The number of amides is 1. The van der Waals surface area contributed by atoms with E-state index in [2.05, 4.69) is 15.4 Å². The maximum Gasteiger partial charge on any atom is 0.416 e. The standard InChI is InChI=1S/C18H15F3N4O2/c1-2-27-14-6-3-12(4-7-14)17(26)24-15-9-13(18(19,20)21)5-8-16(15)25-11-22-10-23-25/h3-11H,2H2,1H3,(H,24,26). The SMILES string of the molecule is CCOc1ccc(C(=O)Nc2cc(C(F)(F)F)ccc2-n2cncn2)cc1. The van der Waals surface area contributed by atoms with Gasteiger partial charge in [-0.3, -0.25) is 4.79 Å². The van der Waals surface area contributed by atoms with Crippen LogP contribution in [0.4, 0.5) is 18.9 Å². The van der Waals surface area contributed by atoms with Crippen LogP contribution in [0.1, 0.15) is 22.8 Å². The van der Waals surface area contributed by atoms with Crippen LogP contribution in [0.5, 0.6) is 5.75 Å². The van der Waals surface area contributed by atoms with Crippen molar-refractivity contribution in [2.24, 2.45) is 0 Å². The summed E-state index contributed by atoms with van der Waals surface area (Å²) in [6, 6.07) is 9.30. The van der Waals surface area contributed by atoms with E-state index in [1.807, 2.05) is 6.92 Å². The molecule has 1 heterocycles. The molecule has 1 N–H and O–H groups in total. The molecule has 1 aromatic heterocycles. The quantitative estimate of drug-likeness (QED) is 0.732. The molecule has 0 atom stereocenters. The van der Waals surface area contributed by atoms with E-state index in [9.17, 15) is 18.0 Å². The average molecular weight is 376 g/mol. The van der Waals surface area contributed by atoms with E-state index in [0.717, 1.165) is 12.1 Å². The van der Waals surface area contributed by atoms with Crippen molar-refractivity contribution in [1.29, 1.82) is 0 Å². The van der Waals surface area contributed by atoms with Gasteiger partial charge < -0.3 is 10.1 Å². The molecule has 2 aromatic carbocycles. The van der Waals surface area contributed by atoms with Crippen molar-refractivity contribution in [3.63, 3.8) is 0 Å². The lowest BCUT2D eigenvalue weighted by atomic mass is 10.1. The predicted molar refractivity (Wildman–Crippen MR) is 91.9 cm³/mol. The van der Waals surface area contributed by atoms with Gasteiger partial charge in [-0.1, -0.05) is 0 Å². The van der Waals surface area contributed by atoms with Crippen molar-refractivity contribution < 1.29 is 22.7 Å². The summed E-state index contributed by atoms with van der Waals surface area (Å²) in [7, 11) is 0. The molecule has 0 spiro atoms. The summed E-state index contributed by atoms with van der Waals surface area (Å²) in [6.07, 6.45) is -1.97. The van der Waals surface area contributed by atoms with E-state index in [0.29, 0.717) is 12.4 Å². The second kappa shape index (κ2) is 7.48. The molecule has 0 saturated carbocycles. The van der Waals surface area contributed by atoms with E-state index in [1.54, 1.807) is 12.1 Å². The summed E-state index contributed by atoms with van der Waals surface area (Å²) in [5.74, 6) is 0.0372. The molecule has 0 aliphatic heterocycles. The van der Waals surface area contributed by atoms with Gasteiger partial charge in [-0.15, -0.1) is 0 Å². The lowest BCUT2D eigenvalue weighted by molar-refractivity contribution is -0.137. The molecule has 6 nitrogen and oxygen atoms in total. The number of benzene rings is 2. The maximum atomic E-state index is 13.1. The van der Waals surface area contributed by atoms with Crippen LogP contribution in [-0.2, 0) is 6.18 Å². The van der Waals surface area contributed by atoms with Gasteiger partial charge in [0, 0.05) is 5.56 Å². The van der Waals surface area contributed by atoms with Crippen LogP contribution in [0.15, 0.2) is 55.1 Å². The Morgan fingerprint density at radius 1 is 1.19 bits per heavy atom. The molecule has 3 aromatic rings. The fourth-order valence-electron chi connectivity index (χ4n) is 2.41. The number of hydrogen-bond acceptors (Lipinski definition) is 4. The highest BCUT2D eigenvalue weighted by atomic mass is 19.4. The van der Waals surface area contributed by atoms with Crippen molar-refractivity contribution in [2.75, 3.05) is 11.9 Å². The lowest BCUT2D eigenvalue weighted by Gasteiger charge is -2.14. The summed E-state index contributed by atoms with van der Waals surface area (Å²) >= 11 is 0. The van der Waals surface area contributed by atoms with Crippen molar-refractivity contribution >= 4 is 11.6 Å². The van der Waals surface area contributed by atoms with Gasteiger partial charge in [0.15, 0.2) is 0 Å². The number of alkyl halides is 3. The number of rotatable bonds is 5. The Hall–Kier alpha value is -3.36. The Morgan fingerprint density at radius 2 is 1.93 bits per heavy atom. The van der Waals surface area contributed by atoms with Gasteiger partial charge in [-0.05, 0) is 49.4 Å². The van der Waals surface area contributed by atoms with Crippen molar-refractivity contribution in [1.82, 2.24) is 14.8 Å². The number of aromatic nitrogens is 3. The highest BCUT2D eigenvalue weighted by molar-refractivity contribution is 6.05. The zero-order valence-electron chi connectivity index (χ0n) is 14.2. The first-order valence-corrected chi connectivity index (χ1v) is 7.99. The molecular formula is C18H15F3N4O2. The fraction of sp³-hybridized carbons (Fsp3) is 0.167. The molecule has 0 radical (unpaired) electrons. The van der Waals surface area contributed by atoms with E-state index in [-0.39, 0.29) is 16.9 Å². The van der Waals surface area contributed by atoms with Crippen LogP contribution in [0.25, 0.3) is 5.69 Å². The predicted octanol–water partition coefficient (Wildman–Crippen LogP) is 3.94. The Kier molecular flexibility index (Phi) is 5.11. The van der Waals surface area contributed by atoms with Crippen molar-refractivity contribution in [3.8, 4) is 11.4 Å². The third kappa shape index (κ3) is 4.25. The number of nitrogens with one attached hydrogen (secondary N) is 1. The third-order valence-electron chi connectivity index (χ3n) is 3.67. The van der Waals surface area contributed by atoms with Crippen LogP contribution < -0.4 is 10.1 Å². The number of halogens is 3. The van der Waals surface area contributed by atoms with Gasteiger partial charge in [0.1, 0.15) is 18.4 Å². The Labute approximate surface area is 152 Å². The summed E-state index contributed by atoms with van der Waals surface area (Å²) in [5, 5.41) is 6.42. The van der Waals surface area contributed by atoms with Crippen LogP contribution >= 0.6 is 0 Å².